The van der Waals surface area contributed by atoms with E-state index in [0.717, 1.165) is 5.56 Å². The Bertz CT molecular complexity index is 477. The molecule has 0 aromatic heterocycles. The van der Waals surface area contributed by atoms with E-state index in [9.17, 15) is 4.79 Å². The summed E-state index contributed by atoms with van der Waals surface area (Å²) >= 11 is 6.00. The average molecular weight is 299 g/mol. The standard InChI is InChI=1S/C15H23ClN2O2/c1-10(2)15(4,9-17)18-14(19)8-20-13-7-5-6-12(16)11(13)3/h5-7,10H,8-9,17H2,1-4H3,(H,18,19). The first-order valence-corrected chi connectivity index (χ1v) is 7.07. The van der Waals surface area contributed by atoms with Crippen molar-refractivity contribution in [3.05, 3.63) is 28.8 Å². The topological polar surface area (TPSA) is 64.3 Å². The number of benzene rings is 1. The highest BCUT2D eigenvalue weighted by molar-refractivity contribution is 6.31. The zero-order valence-electron chi connectivity index (χ0n) is 12.5. The minimum Gasteiger partial charge on any atom is -0.483 e. The number of amides is 1. The summed E-state index contributed by atoms with van der Waals surface area (Å²) in [7, 11) is 0. The minimum atomic E-state index is -0.427. The van der Waals surface area contributed by atoms with Crippen LogP contribution in [0.5, 0.6) is 5.75 Å². The van der Waals surface area contributed by atoms with Crippen LogP contribution >= 0.6 is 11.6 Å². The first-order valence-electron chi connectivity index (χ1n) is 6.69. The Balaban J connectivity index is 2.62. The van der Waals surface area contributed by atoms with Crippen molar-refractivity contribution in [2.45, 2.75) is 33.2 Å². The maximum absolute atomic E-state index is 12.0. The molecule has 0 saturated carbocycles. The van der Waals surface area contributed by atoms with Gasteiger partial charge in [-0.1, -0.05) is 31.5 Å². The predicted octanol–water partition coefficient (Wildman–Crippen LogP) is 2.52. The number of hydrogen-bond acceptors (Lipinski definition) is 3. The van der Waals surface area contributed by atoms with Crippen LogP contribution in [0.15, 0.2) is 18.2 Å². The van der Waals surface area contributed by atoms with E-state index in [1.807, 2.05) is 27.7 Å². The van der Waals surface area contributed by atoms with Crippen LogP contribution in [0.3, 0.4) is 0 Å². The lowest BCUT2D eigenvalue weighted by Gasteiger charge is -2.33. The largest absolute Gasteiger partial charge is 0.483 e. The van der Waals surface area contributed by atoms with Gasteiger partial charge in [-0.3, -0.25) is 4.79 Å². The van der Waals surface area contributed by atoms with Gasteiger partial charge >= 0.3 is 0 Å². The molecule has 0 aliphatic rings. The quantitative estimate of drug-likeness (QED) is 0.848. The summed E-state index contributed by atoms with van der Waals surface area (Å²) in [4.78, 5) is 12.0. The van der Waals surface area contributed by atoms with Crippen LogP contribution in [-0.2, 0) is 4.79 Å². The number of carbonyl (C=O) groups is 1. The van der Waals surface area contributed by atoms with E-state index in [0.29, 0.717) is 17.3 Å². The zero-order chi connectivity index (χ0) is 15.3. The molecule has 0 radical (unpaired) electrons. The third-order valence-electron chi connectivity index (χ3n) is 3.70. The van der Waals surface area contributed by atoms with Crippen molar-refractivity contribution in [2.75, 3.05) is 13.2 Å². The Hall–Kier alpha value is -1.26. The van der Waals surface area contributed by atoms with E-state index in [1.54, 1.807) is 18.2 Å². The molecule has 1 aromatic rings. The van der Waals surface area contributed by atoms with Gasteiger partial charge in [-0.05, 0) is 31.9 Å². The average Bonchev–Trinajstić information content (AvgIpc) is 2.40. The number of halogens is 1. The first-order chi connectivity index (χ1) is 9.30. The van der Waals surface area contributed by atoms with E-state index in [-0.39, 0.29) is 18.4 Å². The first kappa shape index (κ1) is 16.8. The van der Waals surface area contributed by atoms with Crippen LogP contribution in [0.1, 0.15) is 26.3 Å². The Kier molecular flexibility index (Phi) is 5.84. The number of ether oxygens (including phenoxy) is 1. The Labute approximate surface area is 125 Å². The van der Waals surface area contributed by atoms with Crippen molar-refractivity contribution in [1.29, 1.82) is 0 Å². The maximum Gasteiger partial charge on any atom is 0.258 e. The van der Waals surface area contributed by atoms with Crippen molar-refractivity contribution in [3.63, 3.8) is 0 Å². The molecule has 0 saturated heterocycles. The van der Waals surface area contributed by atoms with Gasteiger partial charge in [0.2, 0.25) is 0 Å². The molecule has 1 rings (SSSR count). The molecule has 0 fully saturated rings. The van der Waals surface area contributed by atoms with Crippen LogP contribution in [0.2, 0.25) is 5.02 Å². The second-order valence-corrected chi connectivity index (χ2v) is 5.88. The Morgan fingerprint density at radius 2 is 2.15 bits per heavy atom. The molecule has 1 aromatic carbocycles. The van der Waals surface area contributed by atoms with Gasteiger partial charge in [-0.25, -0.2) is 0 Å². The lowest BCUT2D eigenvalue weighted by molar-refractivity contribution is -0.125. The highest BCUT2D eigenvalue weighted by Gasteiger charge is 2.28. The number of hydrogen-bond donors (Lipinski definition) is 2. The summed E-state index contributed by atoms with van der Waals surface area (Å²) in [5.74, 6) is 0.669. The van der Waals surface area contributed by atoms with Gasteiger partial charge in [0.25, 0.3) is 5.91 Å². The fourth-order valence-electron chi connectivity index (χ4n) is 1.67. The van der Waals surface area contributed by atoms with Gasteiger partial charge in [-0.2, -0.15) is 0 Å². The summed E-state index contributed by atoms with van der Waals surface area (Å²) in [5.41, 5.74) is 6.13. The molecule has 1 amide bonds. The minimum absolute atomic E-state index is 0.0521. The molecule has 3 N–H and O–H groups in total. The fraction of sp³-hybridized carbons (Fsp3) is 0.533. The SMILES string of the molecule is Cc1c(Cl)cccc1OCC(=O)NC(C)(CN)C(C)C. The molecule has 0 spiro atoms. The highest BCUT2D eigenvalue weighted by atomic mass is 35.5. The van der Waals surface area contributed by atoms with Crippen LogP contribution in [-0.4, -0.2) is 24.6 Å². The highest BCUT2D eigenvalue weighted by Crippen LogP contribution is 2.25. The number of carbonyl (C=O) groups excluding carboxylic acids is 1. The number of nitrogens with one attached hydrogen (secondary N) is 1. The summed E-state index contributed by atoms with van der Waals surface area (Å²) in [6, 6.07) is 5.37. The van der Waals surface area contributed by atoms with E-state index >= 15 is 0 Å². The van der Waals surface area contributed by atoms with Gasteiger partial charge in [0.1, 0.15) is 5.75 Å². The number of rotatable bonds is 6. The molecular formula is C15H23ClN2O2. The second-order valence-electron chi connectivity index (χ2n) is 5.48. The predicted molar refractivity (Wildman–Crippen MR) is 82.1 cm³/mol. The molecule has 1 unspecified atom stereocenters. The molecule has 4 nitrogen and oxygen atoms in total. The van der Waals surface area contributed by atoms with Crippen molar-refractivity contribution < 1.29 is 9.53 Å². The van der Waals surface area contributed by atoms with E-state index < -0.39 is 5.54 Å². The van der Waals surface area contributed by atoms with Gasteiger partial charge in [-0.15, -0.1) is 0 Å². The van der Waals surface area contributed by atoms with Gasteiger partial charge in [0, 0.05) is 17.1 Å². The summed E-state index contributed by atoms with van der Waals surface area (Å²) in [6.45, 7) is 8.16. The molecule has 0 aliphatic heterocycles. The molecule has 112 valence electrons. The molecule has 20 heavy (non-hydrogen) atoms. The molecule has 1 atom stereocenters. The molecule has 0 heterocycles. The third kappa shape index (κ3) is 4.12. The number of nitrogens with two attached hydrogens (primary N) is 1. The lowest BCUT2D eigenvalue weighted by Crippen LogP contribution is -2.56. The van der Waals surface area contributed by atoms with Crippen molar-refractivity contribution >= 4 is 17.5 Å². The van der Waals surface area contributed by atoms with Gasteiger partial charge in [0.15, 0.2) is 6.61 Å². The second kappa shape index (κ2) is 6.95. The monoisotopic (exact) mass is 298 g/mol. The summed E-state index contributed by atoms with van der Waals surface area (Å²) < 4.78 is 5.51. The Morgan fingerprint density at radius 3 is 2.70 bits per heavy atom. The Morgan fingerprint density at radius 1 is 1.50 bits per heavy atom. The van der Waals surface area contributed by atoms with Crippen LogP contribution in [0.4, 0.5) is 0 Å². The van der Waals surface area contributed by atoms with Crippen LogP contribution in [0, 0.1) is 12.8 Å². The van der Waals surface area contributed by atoms with Crippen LogP contribution in [0.25, 0.3) is 0 Å². The normalized spacial score (nSPS) is 13.9. The van der Waals surface area contributed by atoms with Crippen molar-refractivity contribution in [3.8, 4) is 5.75 Å². The van der Waals surface area contributed by atoms with E-state index in [1.165, 1.54) is 0 Å². The van der Waals surface area contributed by atoms with E-state index in [2.05, 4.69) is 5.32 Å². The zero-order valence-corrected chi connectivity index (χ0v) is 13.3. The fourth-order valence-corrected chi connectivity index (χ4v) is 1.84. The van der Waals surface area contributed by atoms with E-state index in [4.69, 9.17) is 22.1 Å². The molecule has 0 bridgehead atoms. The lowest BCUT2D eigenvalue weighted by atomic mass is 9.88. The summed E-state index contributed by atoms with van der Waals surface area (Å²) in [6.07, 6.45) is 0. The third-order valence-corrected chi connectivity index (χ3v) is 4.11. The van der Waals surface area contributed by atoms with Gasteiger partial charge in [0.05, 0.1) is 5.54 Å². The van der Waals surface area contributed by atoms with Crippen molar-refractivity contribution in [2.24, 2.45) is 11.7 Å². The smallest absolute Gasteiger partial charge is 0.258 e. The summed E-state index contributed by atoms with van der Waals surface area (Å²) in [5, 5.41) is 3.55. The molecule has 0 aliphatic carbocycles. The molecule has 5 heteroatoms. The van der Waals surface area contributed by atoms with Gasteiger partial charge < -0.3 is 15.8 Å². The maximum atomic E-state index is 12.0. The van der Waals surface area contributed by atoms with Crippen LogP contribution < -0.4 is 15.8 Å². The molecular weight excluding hydrogens is 276 g/mol. The van der Waals surface area contributed by atoms with Crippen molar-refractivity contribution in [1.82, 2.24) is 5.32 Å².